The first-order valence-corrected chi connectivity index (χ1v) is 12.2. The summed E-state index contributed by atoms with van der Waals surface area (Å²) < 4.78 is 113. The number of ether oxygens (including phenoxy) is 1. The number of sulfonamides is 1. The van der Waals surface area contributed by atoms with Gasteiger partial charge in [0, 0.05) is 11.4 Å². The van der Waals surface area contributed by atoms with E-state index in [0.29, 0.717) is 16.9 Å². The van der Waals surface area contributed by atoms with Crippen LogP contribution in [0.2, 0.25) is 0 Å². The van der Waals surface area contributed by atoms with Crippen molar-refractivity contribution >= 4 is 21.4 Å². The molecule has 2 aromatic carbocycles. The van der Waals surface area contributed by atoms with Crippen LogP contribution < -0.4 is 4.74 Å². The summed E-state index contributed by atoms with van der Waals surface area (Å²) in [5, 5.41) is 1.77. The molecule has 34 heavy (non-hydrogen) atoms. The van der Waals surface area contributed by atoms with Crippen LogP contribution in [-0.4, -0.2) is 26.4 Å². The van der Waals surface area contributed by atoms with Crippen molar-refractivity contribution in [1.29, 1.82) is 0 Å². The molecule has 0 saturated heterocycles. The summed E-state index contributed by atoms with van der Waals surface area (Å²) in [5.74, 6) is 0.507. The van der Waals surface area contributed by atoms with E-state index in [1.54, 1.807) is 35.7 Å². The van der Waals surface area contributed by atoms with Crippen LogP contribution in [0.3, 0.4) is 0 Å². The number of methoxy groups -OCH3 is 1. The number of nitrogens with zero attached hydrogens (tertiary/aromatic N) is 1. The Kier molecular flexibility index (Phi) is 6.19. The lowest BCUT2D eigenvalue weighted by atomic mass is 9.95. The molecular formula is C22H17F6NO3S2. The van der Waals surface area contributed by atoms with E-state index in [9.17, 15) is 34.8 Å². The maximum Gasteiger partial charge on any atom is 0.416 e. The molecular weight excluding hydrogens is 504 g/mol. The molecule has 0 bridgehead atoms. The molecule has 0 unspecified atom stereocenters. The maximum atomic E-state index is 13.6. The Morgan fingerprint density at radius 3 is 2.06 bits per heavy atom. The molecule has 2 heterocycles. The zero-order valence-corrected chi connectivity index (χ0v) is 19.1. The standard InChI is InChI=1S/C22H17F6NO3S2/c1-32-16-4-2-13(3-5-16)20-18-7-9-33-19(18)6-8-29(20)34(30,31)17-11-14(21(23,24)25)10-15(12-17)22(26,27)28/h2-5,7,9-12,20H,6,8H2,1H3/t20-/m0/s1. The highest BCUT2D eigenvalue weighted by atomic mass is 32.2. The number of hydrogen-bond acceptors (Lipinski definition) is 4. The molecule has 4 nitrogen and oxygen atoms in total. The summed E-state index contributed by atoms with van der Waals surface area (Å²) >= 11 is 1.41. The molecule has 0 radical (unpaired) electrons. The number of rotatable bonds is 4. The topological polar surface area (TPSA) is 46.6 Å². The Balaban J connectivity index is 1.88. The van der Waals surface area contributed by atoms with E-state index in [1.807, 2.05) is 0 Å². The first-order valence-electron chi connectivity index (χ1n) is 9.84. The second kappa shape index (κ2) is 8.58. The van der Waals surface area contributed by atoms with E-state index in [-0.39, 0.29) is 31.2 Å². The summed E-state index contributed by atoms with van der Waals surface area (Å²) in [6, 6.07) is 7.64. The van der Waals surface area contributed by atoms with Gasteiger partial charge in [-0.05, 0) is 59.3 Å². The Hall–Kier alpha value is -2.57. The largest absolute Gasteiger partial charge is 0.497 e. The predicted octanol–water partition coefficient (Wildman–Crippen LogP) is 6.13. The van der Waals surface area contributed by atoms with Crippen LogP contribution in [0.25, 0.3) is 0 Å². The SMILES string of the molecule is COc1ccc([C@H]2c3ccsc3CCN2S(=O)(=O)c2cc(C(F)(F)F)cc(C(F)(F)F)c2)cc1. The molecule has 1 aliphatic rings. The van der Waals surface area contributed by atoms with Crippen molar-refractivity contribution in [3.05, 3.63) is 81.0 Å². The highest BCUT2D eigenvalue weighted by molar-refractivity contribution is 7.89. The number of halogens is 6. The van der Waals surface area contributed by atoms with Crippen LogP contribution in [0.15, 0.2) is 58.8 Å². The molecule has 1 aliphatic heterocycles. The van der Waals surface area contributed by atoms with Crippen molar-refractivity contribution in [2.24, 2.45) is 0 Å². The van der Waals surface area contributed by atoms with Gasteiger partial charge in [0.25, 0.3) is 0 Å². The van der Waals surface area contributed by atoms with Crippen molar-refractivity contribution < 1.29 is 39.5 Å². The second-order valence-electron chi connectivity index (χ2n) is 7.58. The van der Waals surface area contributed by atoms with E-state index in [0.717, 1.165) is 9.18 Å². The fourth-order valence-corrected chi connectivity index (χ4v) is 6.47. The van der Waals surface area contributed by atoms with E-state index in [4.69, 9.17) is 4.74 Å². The van der Waals surface area contributed by atoms with Gasteiger partial charge in [-0.25, -0.2) is 8.42 Å². The van der Waals surface area contributed by atoms with E-state index in [1.165, 1.54) is 18.4 Å². The normalized spacial score (nSPS) is 17.4. The molecule has 0 saturated carbocycles. The van der Waals surface area contributed by atoms with Gasteiger partial charge in [0.05, 0.1) is 29.2 Å². The third-order valence-corrected chi connectivity index (χ3v) is 8.36. The molecule has 0 amide bonds. The molecule has 0 aliphatic carbocycles. The number of thiophene rings is 1. The lowest BCUT2D eigenvalue weighted by Gasteiger charge is -2.35. The second-order valence-corrected chi connectivity index (χ2v) is 10.5. The zero-order valence-electron chi connectivity index (χ0n) is 17.4. The number of benzene rings is 2. The van der Waals surface area contributed by atoms with Crippen LogP contribution in [0.1, 0.15) is 33.2 Å². The van der Waals surface area contributed by atoms with E-state index < -0.39 is 44.4 Å². The lowest BCUT2D eigenvalue weighted by Crippen LogP contribution is -2.40. The van der Waals surface area contributed by atoms with Crippen LogP contribution in [-0.2, 0) is 28.8 Å². The van der Waals surface area contributed by atoms with Crippen LogP contribution >= 0.6 is 11.3 Å². The maximum absolute atomic E-state index is 13.6. The average molecular weight is 522 g/mol. The average Bonchev–Trinajstić information content (AvgIpc) is 3.26. The molecule has 1 atom stereocenters. The highest BCUT2D eigenvalue weighted by Crippen LogP contribution is 2.43. The summed E-state index contributed by atoms with van der Waals surface area (Å²) in [5.41, 5.74) is -2.23. The molecule has 0 N–H and O–H groups in total. The number of alkyl halides is 6. The van der Waals surface area contributed by atoms with Crippen molar-refractivity contribution in [2.45, 2.75) is 29.7 Å². The van der Waals surface area contributed by atoms with Crippen LogP contribution in [0, 0.1) is 0 Å². The summed E-state index contributed by atoms with van der Waals surface area (Å²) in [6.07, 6.45) is -10.0. The number of hydrogen-bond donors (Lipinski definition) is 0. The third-order valence-electron chi connectivity index (χ3n) is 5.52. The number of fused-ring (bicyclic) bond motifs is 1. The smallest absolute Gasteiger partial charge is 0.416 e. The summed E-state index contributed by atoms with van der Waals surface area (Å²) in [7, 11) is -3.30. The van der Waals surface area contributed by atoms with Crippen molar-refractivity contribution in [1.82, 2.24) is 4.31 Å². The van der Waals surface area contributed by atoms with Gasteiger partial charge in [-0.1, -0.05) is 12.1 Å². The Morgan fingerprint density at radius 2 is 1.53 bits per heavy atom. The Bertz CT molecular complexity index is 1270. The first kappa shape index (κ1) is 24.6. The molecule has 3 aromatic rings. The molecule has 0 fully saturated rings. The minimum absolute atomic E-state index is 0.0901. The molecule has 12 heteroatoms. The minimum Gasteiger partial charge on any atom is -0.497 e. The van der Waals surface area contributed by atoms with Crippen molar-refractivity contribution in [2.75, 3.05) is 13.7 Å². The highest BCUT2D eigenvalue weighted by Gasteiger charge is 2.42. The van der Waals surface area contributed by atoms with E-state index >= 15 is 0 Å². The van der Waals surface area contributed by atoms with Gasteiger partial charge in [0.15, 0.2) is 0 Å². The minimum atomic E-state index is -5.16. The van der Waals surface area contributed by atoms with Gasteiger partial charge < -0.3 is 4.74 Å². The van der Waals surface area contributed by atoms with Gasteiger partial charge in [0.1, 0.15) is 5.75 Å². The Morgan fingerprint density at radius 1 is 0.941 bits per heavy atom. The summed E-state index contributed by atoms with van der Waals surface area (Å²) in [6.45, 7) is -0.107. The lowest BCUT2D eigenvalue weighted by molar-refractivity contribution is -0.143. The van der Waals surface area contributed by atoms with Gasteiger partial charge in [-0.2, -0.15) is 30.6 Å². The van der Waals surface area contributed by atoms with Crippen molar-refractivity contribution in [3.63, 3.8) is 0 Å². The Labute approximate surface area is 195 Å². The molecule has 182 valence electrons. The fourth-order valence-electron chi connectivity index (χ4n) is 3.89. The zero-order chi connectivity index (χ0) is 24.9. The molecule has 1 aromatic heterocycles. The van der Waals surface area contributed by atoms with Gasteiger partial charge >= 0.3 is 12.4 Å². The quantitative estimate of drug-likeness (QED) is 0.388. The van der Waals surface area contributed by atoms with Crippen LogP contribution in [0.5, 0.6) is 5.75 Å². The first-order chi connectivity index (χ1) is 15.8. The van der Waals surface area contributed by atoms with Gasteiger partial charge in [-0.15, -0.1) is 11.3 Å². The van der Waals surface area contributed by atoms with Gasteiger partial charge in [0.2, 0.25) is 10.0 Å². The predicted molar refractivity (Wildman–Crippen MR) is 113 cm³/mol. The molecule has 4 rings (SSSR count). The summed E-state index contributed by atoms with van der Waals surface area (Å²) in [4.78, 5) is -0.167. The van der Waals surface area contributed by atoms with Crippen molar-refractivity contribution in [3.8, 4) is 5.75 Å². The van der Waals surface area contributed by atoms with E-state index in [2.05, 4.69) is 0 Å². The van der Waals surface area contributed by atoms with Crippen LogP contribution in [0.4, 0.5) is 26.3 Å². The fraction of sp³-hybridized carbons (Fsp3) is 0.273. The third kappa shape index (κ3) is 4.53. The monoisotopic (exact) mass is 521 g/mol. The molecule has 0 spiro atoms. The van der Waals surface area contributed by atoms with Gasteiger partial charge in [-0.3, -0.25) is 0 Å².